The lowest BCUT2D eigenvalue weighted by Gasteiger charge is -2.38. The van der Waals surface area contributed by atoms with E-state index in [0.29, 0.717) is 24.7 Å². The molecule has 2 aromatic rings. The van der Waals surface area contributed by atoms with Gasteiger partial charge in [-0.1, -0.05) is 12.2 Å². The largest absolute Gasteiger partial charge is 0.357 e. The summed E-state index contributed by atoms with van der Waals surface area (Å²) < 4.78 is 0. The van der Waals surface area contributed by atoms with Crippen LogP contribution < -0.4 is 26.5 Å². The molecular weight excluding hydrogens is 478 g/mol. The number of likely N-dealkylation sites (N-methyl/N-ethyl adjacent to an activating group) is 1. The number of anilines is 4. The molecule has 1 aromatic heterocycles. The number of hydroxylamine groups is 2. The summed E-state index contributed by atoms with van der Waals surface area (Å²) in [5.74, 6) is 1.12. The van der Waals surface area contributed by atoms with Gasteiger partial charge in [-0.3, -0.25) is 9.89 Å². The van der Waals surface area contributed by atoms with Crippen molar-refractivity contribution in [3.05, 3.63) is 60.3 Å². The Kier molecular flexibility index (Phi) is 7.75. The Labute approximate surface area is 225 Å². The maximum atomic E-state index is 6.65. The minimum absolute atomic E-state index is 0.314. The first-order valence-corrected chi connectivity index (χ1v) is 13.3. The van der Waals surface area contributed by atoms with E-state index in [1.165, 1.54) is 11.3 Å². The molecule has 1 aliphatic carbocycles. The number of benzene rings is 1. The van der Waals surface area contributed by atoms with E-state index in [1.807, 2.05) is 6.92 Å². The van der Waals surface area contributed by atoms with Gasteiger partial charge in [0.05, 0.1) is 17.9 Å². The van der Waals surface area contributed by atoms with E-state index < -0.39 is 5.54 Å². The topological polar surface area (TPSA) is 107 Å². The number of nitrogens with two attached hydrogens (primary N) is 1. The molecule has 2 unspecified atom stereocenters. The van der Waals surface area contributed by atoms with Gasteiger partial charge < -0.3 is 16.0 Å². The lowest BCUT2D eigenvalue weighted by molar-refractivity contribution is 0.00972. The monoisotopic (exact) mass is 517 g/mol. The molecule has 10 heteroatoms. The molecule has 0 spiro atoms. The van der Waals surface area contributed by atoms with E-state index >= 15 is 0 Å². The van der Waals surface area contributed by atoms with E-state index in [0.717, 1.165) is 56.0 Å². The zero-order valence-corrected chi connectivity index (χ0v) is 22.7. The van der Waals surface area contributed by atoms with Gasteiger partial charge in [0.15, 0.2) is 12.0 Å². The van der Waals surface area contributed by atoms with Crippen molar-refractivity contribution in [2.45, 2.75) is 51.2 Å². The molecule has 5 rings (SSSR count). The van der Waals surface area contributed by atoms with Gasteiger partial charge in [-0.25, -0.2) is 4.98 Å². The zero-order chi connectivity index (χ0) is 26.7. The second kappa shape index (κ2) is 11.2. The summed E-state index contributed by atoms with van der Waals surface area (Å²) in [4.78, 5) is 25.2. The van der Waals surface area contributed by atoms with E-state index in [4.69, 9.17) is 20.6 Å². The van der Waals surface area contributed by atoms with Crippen LogP contribution in [0.15, 0.2) is 59.8 Å². The van der Waals surface area contributed by atoms with Gasteiger partial charge >= 0.3 is 0 Å². The van der Waals surface area contributed by atoms with Crippen molar-refractivity contribution in [1.82, 2.24) is 20.3 Å². The third-order valence-corrected chi connectivity index (χ3v) is 7.31. The summed E-state index contributed by atoms with van der Waals surface area (Å²) in [5, 5.41) is 5.07. The summed E-state index contributed by atoms with van der Waals surface area (Å²) in [5.41, 5.74) is 14.4. The van der Waals surface area contributed by atoms with Crippen molar-refractivity contribution < 1.29 is 4.94 Å². The molecule has 2 aliphatic heterocycles. The lowest BCUT2D eigenvalue weighted by atomic mass is 9.77. The van der Waals surface area contributed by atoms with Gasteiger partial charge in [-0.2, -0.15) is 20.5 Å². The normalized spacial score (nSPS) is 23.5. The molecule has 1 saturated heterocycles. The first-order valence-electron chi connectivity index (χ1n) is 13.3. The van der Waals surface area contributed by atoms with Crippen LogP contribution in [-0.2, 0) is 4.94 Å². The second-order valence-corrected chi connectivity index (χ2v) is 10.6. The molecule has 4 N–H and O–H groups in total. The van der Waals surface area contributed by atoms with Crippen molar-refractivity contribution in [2.24, 2.45) is 10.7 Å². The minimum Gasteiger partial charge on any atom is -0.357 e. The molecule has 2 atom stereocenters. The molecule has 3 aliphatic rings. The molecule has 202 valence electrons. The first kappa shape index (κ1) is 26.3. The van der Waals surface area contributed by atoms with Crippen LogP contribution in [0.4, 0.5) is 23.1 Å². The van der Waals surface area contributed by atoms with Crippen LogP contribution in [-0.4, -0.2) is 65.6 Å². The predicted octanol–water partition coefficient (Wildman–Crippen LogP) is 3.67. The number of hydrogen-bond acceptors (Lipinski definition) is 10. The van der Waals surface area contributed by atoms with Crippen LogP contribution in [0.3, 0.4) is 0 Å². The Morgan fingerprint density at radius 3 is 2.84 bits per heavy atom. The Morgan fingerprint density at radius 1 is 1.29 bits per heavy atom. The van der Waals surface area contributed by atoms with Crippen LogP contribution in [0.1, 0.15) is 38.2 Å². The highest BCUT2D eigenvalue weighted by Crippen LogP contribution is 2.34. The van der Waals surface area contributed by atoms with E-state index in [-0.39, 0.29) is 6.17 Å². The van der Waals surface area contributed by atoms with Crippen LogP contribution in [0.2, 0.25) is 0 Å². The minimum atomic E-state index is -0.451. The third kappa shape index (κ3) is 5.73. The van der Waals surface area contributed by atoms with Gasteiger partial charge in [0.1, 0.15) is 0 Å². The fourth-order valence-electron chi connectivity index (χ4n) is 5.22. The van der Waals surface area contributed by atoms with Crippen molar-refractivity contribution in [3.8, 4) is 0 Å². The molecule has 1 saturated carbocycles. The summed E-state index contributed by atoms with van der Waals surface area (Å²) in [7, 11) is 2.14. The van der Waals surface area contributed by atoms with Gasteiger partial charge in [0.2, 0.25) is 5.95 Å². The SMILES string of the molecule is C=CCNON(c1nc(Nc2ccc(N3CCN(C)C3)cc2)ncc1C)C1CC=C2CCCC(C)(N)C2=N1. The lowest BCUT2D eigenvalue weighted by Crippen LogP contribution is -2.51. The average molecular weight is 518 g/mol. The van der Waals surface area contributed by atoms with Crippen molar-refractivity contribution in [2.75, 3.05) is 48.6 Å². The summed E-state index contributed by atoms with van der Waals surface area (Å²) in [6, 6.07) is 8.37. The van der Waals surface area contributed by atoms with Gasteiger partial charge in [0, 0.05) is 49.2 Å². The van der Waals surface area contributed by atoms with Crippen LogP contribution in [0.5, 0.6) is 0 Å². The maximum Gasteiger partial charge on any atom is 0.229 e. The Morgan fingerprint density at radius 2 is 2.11 bits per heavy atom. The van der Waals surface area contributed by atoms with E-state index in [9.17, 15) is 0 Å². The zero-order valence-electron chi connectivity index (χ0n) is 22.7. The van der Waals surface area contributed by atoms with Crippen molar-refractivity contribution in [1.29, 1.82) is 0 Å². The average Bonchev–Trinajstić information content (AvgIpc) is 3.34. The number of dihydropyridines is 1. The molecule has 0 radical (unpaired) electrons. The molecule has 1 aromatic carbocycles. The summed E-state index contributed by atoms with van der Waals surface area (Å²) in [6.45, 7) is 11.3. The van der Waals surface area contributed by atoms with Crippen molar-refractivity contribution in [3.63, 3.8) is 0 Å². The van der Waals surface area contributed by atoms with Crippen molar-refractivity contribution >= 4 is 28.9 Å². The number of aromatic nitrogens is 2. The number of nitrogens with zero attached hydrogens (tertiary/aromatic N) is 6. The highest BCUT2D eigenvalue weighted by Gasteiger charge is 2.36. The second-order valence-electron chi connectivity index (χ2n) is 10.6. The Bertz CT molecular complexity index is 1210. The van der Waals surface area contributed by atoms with Gasteiger partial charge in [-0.05, 0) is 70.0 Å². The van der Waals surface area contributed by atoms with Crippen LogP contribution in [0, 0.1) is 6.92 Å². The number of hydrogen-bond donors (Lipinski definition) is 3. The Hall–Kier alpha value is -3.31. The highest BCUT2D eigenvalue weighted by molar-refractivity contribution is 6.08. The number of aliphatic imine (C=N–C) groups is 1. The first-order chi connectivity index (χ1) is 18.3. The third-order valence-electron chi connectivity index (χ3n) is 7.31. The smallest absolute Gasteiger partial charge is 0.229 e. The number of nitrogens with one attached hydrogen (secondary N) is 2. The molecule has 3 heterocycles. The summed E-state index contributed by atoms with van der Waals surface area (Å²) >= 11 is 0. The number of aryl methyl sites for hydroxylation is 1. The highest BCUT2D eigenvalue weighted by atomic mass is 16.8. The van der Waals surface area contributed by atoms with Gasteiger partial charge in [-0.15, -0.1) is 6.58 Å². The molecular formula is C28H39N9O. The quantitative estimate of drug-likeness (QED) is 0.261. The Balaban J connectivity index is 1.38. The van der Waals surface area contributed by atoms with E-state index in [2.05, 4.69) is 76.5 Å². The van der Waals surface area contributed by atoms with Gasteiger partial charge in [0.25, 0.3) is 0 Å². The standard InChI is InChI=1S/C28H39N9O/c1-5-15-31-38-37(24-13-8-21-7-6-14-28(3,29)25(21)33-24)26-20(2)18-30-27(34-26)32-22-9-11-23(12-10-22)36-17-16-35(4)19-36/h5,8-12,18,24,31H,1,6-7,13-17,19,29H2,2-4H3,(H,30,32,34). The van der Waals surface area contributed by atoms with Crippen LogP contribution in [0.25, 0.3) is 0 Å². The molecule has 0 bridgehead atoms. The number of rotatable bonds is 9. The molecule has 10 nitrogen and oxygen atoms in total. The predicted molar refractivity (Wildman–Crippen MR) is 153 cm³/mol. The number of fused-ring (bicyclic) bond motifs is 1. The fourth-order valence-corrected chi connectivity index (χ4v) is 5.22. The van der Waals surface area contributed by atoms with E-state index in [1.54, 1.807) is 17.3 Å². The molecule has 2 fully saturated rings. The van der Waals surface area contributed by atoms with Crippen LogP contribution >= 0.6 is 0 Å². The summed E-state index contributed by atoms with van der Waals surface area (Å²) in [6.07, 6.45) is 9.19. The molecule has 38 heavy (non-hydrogen) atoms. The maximum absolute atomic E-state index is 6.65. The molecule has 0 amide bonds. The fraction of sp³-hybridized carbons (Fsp3) is 0.464.